The molecule has 0 radical (unpaired) electrons. The van der Waals surface area contributed by atoms with E-state index < -0.39 is 10.0 Å². The van der Waals surface area contributed by atoms with E-state index >= 15 is 0 Å². The number of ether oxygens (including phenoxy) is 1. The summed E-state index contributed by atoms with van der Waals surface area (Å²) in [5.74, 6) is 0.297. The average molecular weight is 433 g/mol. The molecule has 1 amide bonds. The molecule has 0 saturated heterocycles. The summed E-state index contributed by atoms with van der Waals surface area (Å²) >= 11 is 1.08. The van der Waals surface area contributed by atoms with Crippen molar-refractivity contribution in [1.29, 1.82) is 0 Å². The zero-order valence-electron chi connectivity index (χ0n) is 15.8. The molecule has 1 N–H and O–H groups in total. The number of nitrogens with one attached hydrogen (secondary N) is 1. The highest BCUT2D eigenvalue weighted by atomic mass is 32.2. The number of methoxy groups -OCH3 is 1. The molecule has 0 aliphatic carbocycles. The van der Waals surface area contributed by atoms with Crippen LogP contribution in [0.5, 0.6) is 5.75 Å². The number of rotatable bonds is 6. The van der Waals surface area contributed by atoms with Crippen LogP contribution in [-0.2, 0) is 23.0 Å². The summed E-state index contributed by atoms with van der Waals surface area (Å²) in [7, 11) is -1.87. The van der Waals surface area contributed by atoms with E-state index in [9.17, 15) is 13.2 Å². The number of amides is 1. The minimum atomic E-state index is -3.48. The predicted molar refractivity (Wildman–Crippen MR) is 111 cm³/mol. The van der Waals surface area contributed by atoms with Crippen LogP contribution in [0.2, 0.25) is 0 Å². The SMILES string of the molecule is COc1ccc2c(c1)CCN(S(=O)(=O)CCNC(=O)c1ccc3nsnc3c1)C2. The monoisotopic (exact) mass is 432 g/mol. The third-order valence-electron chi connectivity index (χ3n) is 4.95. The predicted octanol–water partition coefficient (Wildman–Crippen LogP) is 1.82. The lowest BCUT2D eigenvalue weighted by molar-refractivity contribution is 0.0956. The maximum atomic E-state index is 12.7. The first-order valence-corrected chi connectivity index (χ1v) is 11.4. The van der Waals surface area contributed by atoms with Crippen LogP contribution in [-0.4, -0.2) is 53.3 Å². The molecule has 1 aromatic heterocycles. The Balaban J connectivity index is 1.35. The summed E-state index contributed by atoms with van der Waals surface area (Å²) in [4.78, 5) is 12.3. The van der Waals surface area contributed by atoms with Crippen molar-refractivity contribution in [3.05, 3.63) is 53.1 Å². The van der Waals surface area contributed by atoms with Gasteiger partial charge in [-0.15, -0.1) is 0 Å². The van der Waals surface area contributed by atoms with Gasteiger partial charge in [0.05, 0.1) is 24.6 Å². The first-order valence-electron chi connectivity index (χ1n) is 9.10. The van der Waals surface area contributed by atoms with E-state index in [1.165, 1.54) is 4.31 Å². The van der Waals surface area contributed by atoms with Gasteiger partial charge in [0.15, 0.2) is 0 Å². The third kappa shape index (κ3) is 4.24. The van der Waals surface area contributed by atoms with Gasteiger partial charge >= 0.3 is 0 Å². The van der Waals surface area contributed by atoms with Crippen molar-refractivity contribution in [3.63, 3.8) is 0 Å². The Hall–Kier alpha value is -2.56. The Morgan fingerprint density at radius 3 is 2.83 bits per heavy atom. The van der Waals surface area contributed by atoms with Crippen LogP contribution in [0.3, 0.4) is 0 Å². The second kappa shape index (κ2) is 8.05. The number of aromatic nitrogens is 2. The molecule has 2 aromatic carbocycles. The maximum absolute atomic E-state index is 12.7. The highest BCUT2D eigenvalue weighted by Crippen LogP contribution is 2.25. The molecular weight excluding hydrogens is 412 g/mol. The Kier molecular flexibility index (Phi) is 5.48. The molecule has 2 heterocycles. The average Bonchev–Trinajstić information content (AvgIpc) is 3.20. The van der Waals surface area contributed by atoms with Crippen LogP contribution in [0.1, 0.15) is 21.5 Å². The van der Waals surface area contributed by atoms with Crippen molar-refractivity contribution in [2.45, 2.75) is 13.0 Å². The number of nitrogens with zero attached hydrogens (tertiary/aromatic N) is 3. The summed E-state index contributed by atoms with van der Waals surface area (Å²) in [6.07, 6.45) is 0.639. The van der Waals surface area contributed by atoms with Crippen LogP contribution in [0.25, 0.3) is 11.0 Å². The molecular formula is C19H20N4O4S2. The quantitative estimate of drug-likeness (QED) is 0.638. The van der Waals surface area contributed by atoms with E-state index in [0.29, 0.717) is 30.6 Å². The fourth-order valence-electron chi connectivity index (χ4n) is 3.32. The molecule has 0 bridgehead atoms. The van der Waals surface area contributed by atoms with Crippen molar-refractivity contribution < 1.29 is 17.9 Å². The van der Waals surface area contributed by atoms with Gasteiger partial charge in [0.2, 0.25) is 10.0 Å². The summed E-state index contributed by atoms with van der Waals surface area (Å²) in [5, 5.41) is 2.68. The number of carbonyl (C=O) groups excluding carboxylic acids is 1. The minimum absolute atomic E-state index is 0.0422. The molecule has 29 heavy (non-hydrogen) atoms. The molecule has 10 heteroatoms. The van der Waals surface area contributed by atoms with Gasteiger partial charge in [0.25, 0.3) is 5.91 Å². The van der Waals surface area contributed by atoms with Gasteiger partial charge in [0, 0.05) is 25.2 Å². The summed E-state index contributed by atoms with van der Waals surface area (Å²) in [5.41, 5.74) is 3.91. The zero-order chi connectivity index (χ0) is 20.4. The highest BCUT2D eigenvalue weighted by molar-refractivity contribution is 7.89. The van der Waals surface area contributed by atoms with Gasteiger partial charge in [-0.2, -0.15) is 13.1 Å². The van der Waals surface area contributed by atoms with Crippen LogP contribution in [0.4, 0.5) is 0 Å². The van der Waals surface area contributed by atoms with E-state index in [4.69, 9.17) is 4.74 Å². The number of hydrogen-bond donors (Lipinski definition) is 1. The van der Waals surface area contributed by atoms with Gasteiger partial charge in [-0.25, -0.2) is 8.42 Å². The highest BCUT2D eigenvalue weighted by Gasteiger charge is 2.26. The number of benzene rings is 2. The molecule has 4 rings (SSSR count). The van der Waals surface area contributed by atoms with Crippen molar-refractivity contribution in [1.82, 2.24) is 18.4 Å². The largest absolute Gasteiger partial charge is 0.497 e. The summed E-state index contributed by atoms with van der Waals surface area (Å²) < 4.78 is 40.3. The van der Waals surface area contributed by atoms with E-state index in [1.807, 2.05) is 18.2 Å². The van der Waals surface area contributed by atoms with Gasteiger partial charge in [0.1, 0.15) is 16.8 Å². The third-order valence-corrected chi connectivity index (χ3v) is 7.32. The molecule has 8 nitrogen and oxygen atoms in total. The number of hydrogen-bond acceptors (Lipinski definition) is 7. The molecule has 0 saturated carbocycles. The van der Waals surface area contributed by atoms with Gasteiger partial charge < -0.3 is 10.1 Å². The van der Waals surface area contributed by atoms with Gasteiger partial charge in [-0.05, 0) is 47.9 Å². The van der Waals surface area contributed by atoms with Crippen LogP contribution < -0.4 is 10.1 Å². The lowest BCUT2D eigenvalue weighted by Gasteiger charge is -2.28. The number of sulfonamides is 1. The van der Waals surface area contributed by atoms with E-state index in [1.54, 1.807) is 25.3 Å². The molecule has 0 unspecified atom stereocenters. The lowest BCUT2D eigenvalue weighted by atomic mass is 10.0. The Morgan fingerprint density at radius 1 is 1.17 bits per heavy atom. The van der Waals surface area contributed by atoms with Crippen molar-refractivity contribution in [3.8, 4) is 5.75 Å². The second-order valence-corrected chi connectivity index (χ2v) is 9.37. The van der Waals surface area contributed by atoms with Crippen molar-refractivity contribution in [2.75, 3.05) is 26.0 Å². The van der Waals surface area contributed by atoms with Gasteiger partial charge in [-0.3, -0.25) is 4.79 Å². The first kappa shape index (κ1) is 19.7. The van der Waals surface area contributed by atoms with Crippen LogP contribution >= 0.6 is 11.7 Å². The van der Waals surface area contributed by atoms with Crippen molar-refractivity contribution in [2.24, 2.45) is 0 Å². The Labute approximate surface area is 172 Å². The summed E-state index contributed by atoms with van der Waals surface area (Å²) in [6, 6.07) is 10.7. The fourth-order valence-corrected chi connectivity index (χ4v) is 5.16. The van der Waals surface area contributed by atoms with E-state index in [0.717, 1.165) is 34.1 Å². The molecule has 0 spiro atoms. The molecule has 152 valence electrons. The van der Waals surface area contributed by atoms with E-state index in [2.05, 4.69) is 14.1 Å². The topological polar surface area (TPSA) is 101 Å². The first-order chi connectivity index (χ1) is 14.0. The van der Waals surface area contributed by atoms with Crippen LogP contribution in [0.15, 0.2) is 36.4 Å². The Morgan fingerprint density at radius 2 is 2.00 bits per heavy atom. The van der Waals surface area contributed by atoms with Crippen LogP contribution in [0, 0.1) is 0 Å². The molecule has 0 fully saturated rings. The Bertz CT molecular complexity index is 1160. The lowest BCUT2D eigenvalue weighted by Crippen LogP contribution is -2.40. The normalized spacial score (nSPS) is 14.5. The maximum Gasteiger partial charge on any atom is 0.251 e. The zero-order valence-corrected chi connectivity index (χ0v) is 17.4. The standard InChI is InChI=1S/C19H20N4O4S2/c1-27-16-4-2-15-12-23(8-6-13(15)10-16)29(25,26)9-7-20-19(24)14-3-5-17-18(11-14)22-28-21-17/h2-5,10-11H,6-9,12H2,1H3,(H,20,24). The molecule has 1 aliphatic rings. The minimum Gasteiger partial charge on any atom is -0.497 e. The fraction of sp³-hybridized carbons (Fsp3) is 0.316. The molecule has 0 atom stereocenters. The van der Waals surface area contributed by atoms with Gasteiger partial charge in [-0.1, -0.05) is 6.07 Å². The molecule has 1 aliphatic heterocycles. The van der Waals surface area contributed by atoms with Crippen molar-refractivity contribution >= 4 is 38.7 Å². The molecule has 3 aromatic rings. The van der Waals surface area contributed by atoms with E-state index in [-0.39, 0.29) is 18.2 Å². The number of carbonyl (C=O) groups is 1. The summed E-state index contributed by atoms with van der Waals surface area (Å²) in [6.45, 7) is 0.799. The smallest absolute Gasteiger partial charge is 0.251 e. The number of fused-ring (bicyclic) bond motifs is 2. The second-order valence-electron chi connectivity index (χ2n) is 6.76.